The number of nitrogens with two attached hydrogens (primary N) is 1. The predicted octanol–water partition coefficient (Wildman–Crippen LogP) is -0.109. The lowest BCUT2D eigenvalue weighted by Crippen LogP contribution is -2.25. The maximum atomic E-state index is 9.59. The SMILES string of the molecule is COc1nc(N)nc(NCC(O)C(C)C)n1. The van der Waals surface area contributed by atoms with Crippen molar-refractivity contribution in [2.75, 3.05) is 24.7 Å². The zero-order chi connectivity index (χ0) is 12.1. The van der Waals surface area contributed by atoms with E-state index in [-0.39, 0.29) is 17.9 Å². The number of nitrogen functional groups attached to an aromatic ring is 1. The summed E-state index contributed by atoms with van der Waals surface area (Å²) in [5.74, 6) is 0.533. The fourth-order valence-electron chi connectivity index (χ4n) is 0.974. The van der Waals surface area contributed by atoms with E-state index in [0.717, 1.165) is 0 Å². The average Bonchev–Trinajstić information content (AvgIpc) is 2.24. The van der Waals surface area contributed by atoms with Gasteiger partial charge in [0.05, 0.1) is 13.2 Å². The second-order valence-corrected chi connectivity index (χ2v) is 3.70. The van der Waals surface area contributed by atoms with E-state index in [9.17, 15) is 5.11 Å². The molecule has 7 nitrogen and oxygen atoms in total. The van der Waals surface area contributed by atoms with Crippen molar-refractivity contribution >= 4 is 11.9 Å². The van der Waals surface area contributed by atoms with Crippen molar-refractivity contribution < 1.29 is 9.84 Å². The molecule has 0 aromatic carbocycles. The Balaban J connectivity index is 2.63. The fourth-order valence-corrected chi connectivity index (χ4v) is 0.974. The molecule has 0 aliphatic rings. The van der Waals surface area contributed by atoms with Crippen molar-refractivity contribution in [2.24, 2.45) is 5.92 Å². The average molecular weight is 227 g/mol. The topological polar surface area (TPSA) is 106 Å². The highest BCUT2D eigenvalue weighted by Gasteiger charge is 2.10. The highest BCUT2D eigenvalue weighted by atomic mass is 16.5. The van der Waals surface area contributed by atoms with Gasteiger partial charge >= 0.3 is 6.01 Å². The van der Waals surface area contributed by atoms with Gasteiger partial charge in [0.25, 0.3) is 0 Å². The number of hydrogen-bond donors (Lipinski definition) is 3. The smallest absolute Gasteiger partial charge is 0.322 e. The maximum Gasteiger partial charge on any atom is 0.322 e. The Hall–Kier alpha value is -1.63. The Kier molecular flexibility index (Phi) is 4.24. The van der Waals surface area contributed by atoms with Crippen LogP contribution in [-0.4, -0.2) is 39.8 Å². The van der Waals surface area contributed by atoms with Crippen LogP contribution in [0.4, 0.5) is 11.9 Å². The summed E-state index contributed by atoms with van der Waals surface area (Å²) in [7, 11) is 1.45. The molecule has 1 atom stereocenters. The molecule has 1 unspecified atom stereocenters. The summed E-state index contributed by atoms with van der Waals surface area (Å²) in [5, 5.41) is 12.5. The second-order valence-electron chi connectivity index (χ2n) is 3.70. The van der Waals surface area contributed by atoms with E-state index in [4.69, 9.17) is 10.5 Å². The molecule has 0 spiro atoms. The van der Waals surface area contributed by atoms with E-state index in [1.54, 1.807) is 0 Å². The molecule has 1 aromatic rings. The van der Waals surface area contributed by atoms with Gasteiger partial charge in [-0.05, 0) is 5.92 Å². The van der Waals surface area contributed by atoms with Crippen LogP contribution in [0.15, 0.2) is 0 Å². The minimum atomic E-state index is -0.469. The van der Waals surface area contributed by atoms with Crippen molar-refractivity contribution in [1.29, 1.82) is 0 Å². The van der Waals surface area contributed by atoms with E-state index in [2.05, 4.69) is 20.3 Å². The molecule has 0 aliphatic heterocycles. The summed E-state index contributed by atoms with van der Waals surface area (Å²) < 4.78 is 4.85. The molecule has 1 heterocycles. The molecule has 0 bridgehead atoms. The fraction of sp³-hybridized carbons (Fsp3) is 0.667. The molecular weight excluding hydrogens is 210 g/mol. The number of rotatable bonds is 5. The molecule has 1 aromatic heterocycles. The summed E-state index contributed by atoms with van der Waals surface area (Å²) >= 11 is 0. The molecule has 90 valence electrons. The van der Waals surface area contributed by atoms with Gasteiger partial charge in [-0.1, -0.05) is 13.8 Å². The van der Waals surface area contributed by atoms with Gasteiger partial charge in [-0.2, -0.15) is 15.0 Å². The molecular formula is C9H17N5O2. The molecule has 4 N–H and O–H groups in total. The lowest BCUT2D eigenvalue weighted by molar-refractivity contribution is 0.137. The van der Waals surface area contributed by atoms with Crippen molar-refractivity contribution in [3.05, 3.63) is 0 Å². The Morgan fingerprint density at radius 2 is 2.06 bits per heavy atom. The van der Waals surface area contributed by atoms with Crippen molar-refractivity contribution in [3.8, 4) is 6.01 Å². The number of aliphatic hydroxyl groups is 1. The van der Waals surface area contributed by atoms with Gasteiger partial charge < -0.3 is 20.9 Å². The monoisotopic (exact) mass is 227 g/mol. The number of aliphatic hydroxyl groups excluding tert-OH is 1. The molecule has 1 rings (SSSR count). The maximum absolute atomic E-state index is 9.59. The van der Waals surface area contributed by atoms with Crippen LogP contribution in [0.25, 0.3) is 0 Å². The first-order valence-corrected chi connectivity index (χ1v) is 5.00. The minimum absolute atomic E-state index is 0.0772. The van der Waals surface area contributed by atoms with Crippen molar-refractivity contribution in [3.63, 3.8) is 0 Å². The molecule has 0 aliphatic carbocycles. The van der Waals surface area contributed by atoms with Gasteiger partial charge in [-0.15, -0.1) is 0 Å². The standard InChI is InChI=1S/C9H17N5O2/c1-5(2)6(15)4-11-8-12-7(10)13-9(14-8)16-3/h5-6,15H,4H2,1-3H3,(H3,10,11,12,13,14). The van der Waals surface area contributed by atoms with Crippen LogP contribution in [0.1, 0.15) is 13.8 Å². The van der Waals surface area contributed by atoms with Gasteiger partial charge in [0, 0.05) is 6.54 Å². The second kappa shape index (κ2) is 5.45. The van der Waals surface area contributed by atoms with Crippen LogP contribution in [0, 0.1) is 5.92 Å². The lowest BCUT2D eigenvalue weighted by atomic mass is 10.1. The molecule has 16 heavy (non-hydrogen) atoms. The van der Waals surface area contributed by atoms with Gasteiger partial charge in [-0.3, -0.25) is 0 Å². The highest BCUT2D eigenvalue weighted by Crippen LogP contribution is 2.09. The number of nitrogens with zero attached hydrogens (tertiary/aromatic N) is 3. The lowest BCUT2D eigenvalue weighted by Gasteiger charge is -2.15. The summed E-state index contributed by atoms with van der Waals surface area (Å²) in [4.78, 5) is 11.5. The number of ether oxygens (including phenoxy) is 1. The van der Waals surface area contributed by atoms with E-state index < -0.39 is 6.10 Å². The predicted molar refractivity (Wildman–Crippen MR) is 60.1 cm³/mol. The molecule has 0 amide bonds. The number of anilines is 2. The van der Waals surface area contributed by atoms with Crippen molar-refractivity contribution in [1.82, 2.24) is 15.0 Å². The Morgan fingerprint density at radius 3 is 2.62 bits per heavy atom. The van der Waals surface area contributed by atoms with Gasteiger partial charge in [0.15, 0.2) is 0 Å². The molecule has 0 radical (unpaired) electrons. The number of hydrogen-bond acceptors (Lipinski definition) is 7. The summed E-state index contributed by atoms with van der Waals surface area (Å²) in [6.07, 6.45) is -0.469. The van der Waals surface area contributed by atoms with Crippen LogP contribution in [-0.2, 0) is 0 Å². The summed E-state index contributed by atoms with van der Waals surface area (Å²) in [6.45, 7) is 4.20. The highest BCUT2D eigenvalue weighted by molar-refractivity contribution is 5.32. The Labute approximate surface area is 94.1 Å². The summed E-state index contributed by atoms with van der Waals surface area (Å²) in [6, 6.07) is 0.147. The van der Waals surface area contributed by atoms with Gasteiger partial charge in [0.2, 0.25) is 11.9 Å². The van der Waals surface area contributed by atoms with Crippen LogP contribution >= 0.6 is 0 Å². The van der Waals surface area contributed by atoms with Crippen LogP contribution in [0.2, 0.25) is 0 Å². The molecule has 0 fully saturated rings. The first-order chi connectivity index (χ1) is 7.52. The molecule has 7 heteroatoms. The summed E-state index contributed by atoms with van der Waals surface area (Å²) in [5.41, 5.74) is 5.46. The first kappa shape index (κ1) is 12.4. The minimum Gasteiger partial charge on any atom is -0.467 e. The Bertz CT molecular complexity index is 345. The zero-order valence-electron chi connectivity index (χ0n) is 9.64. The van der Waals surface area contributed by atoms with Gasteiger partial charge in [0.1, 0.15) is 0 Å². The number of nitrogens with one attached hydrogen (secondary N) is 1. The number of methoxy groups -OCH3 is 1. The Morgan fingerprint density at radius 1 is 1.38 bits per heavy atom. The van der Waals surface area contributed by atoms with E-state index >= 15 is 0 Å². The first-order valence-electron chi connectivity index (χ1n) is 5.00. The quantitative estimate of drug-likeness (QED) is 0.644. The molecule has 0 saturated heterocycles. The largest absolute Gasteiger partial charge is 0.467 e. The van der Waals surface area contributed by atoms with Crippen LogP contribution in [0.5, 0.6) is 6.01 Å². The van der Waals surface area contributed by atoms with E-state index in [1.165, 1.54) is 7.11 Å². The third kappa shape index (κ3) is 3.50. The zero-order valence-corrected chi connectivity index (χ0v) is 9.64. The normalized spacial score (nSPS) is 12.6. The van der Waals surface area contributed by atoms with Crippen molar-refractivity contribution in [2.45, 2.75) is 20.0 Å². The van der Waals surface area contributed by atoms with E-state index in [1.807, 2.05) is 13.8 Å². The van der Waals surface area contributed by atoms with E-state index in [0.29, 0.717) is 12.5 Å². The van der Waals surface area contributed by atoms with Crippen LogP contribution < -0.4 is 15.8 Å². The van der Waals surface area contributed by atoms with Gasteiger partial charge in [-0.25, -0.2) is 0 Å². The number of aromatic nitrogens is 3. The third-order valence-electron chi connectivity index (χ3n) is 2.05. The third-order valence-corrected chi connectivity index (χ3v) is 2.05. The van der Waals surface area contributed by atoms with Crippen LogP contribution in [0.3, 0.4) is 0 Å². The molecule has 0 saturated carbocycles.